The van der Waals surface area contributed by atoms with Crippen molar-refractivity contribution in [3.05, 3.63) is 174 Å². The molecule has 1 spiro atoms. The summed E-state index contributed by atoms with van der Waals surface area (Å²) < 4.78 is 0. The monoisotopic (exact) mass is 607 g/mol. The molecule has 0 radical (unpaired) electrons. The van der Waals surface area contributed by atoms with Gasteiger partial charge in [0.1, 0.15) is 0 Å². The normalized spacial score (nSPS) is 15.4. The Labute approximate surface area is 279 Å². The van der Waals surface area contributed by atoms with E-state index in [-0.39, 0.29) is 5.41 Å². The fourth-order valence-electron chi connectivity index (χ4n) is 8.23. The van der Waals surface area contributed by atoms with Crippen LogP contribution >= 0.6 is 0 Å². The second-order valence-electron chi connectivity index (χ2n) is 13.4. The van der Waals surface area contributed by atoms with Crippen LogP contribution in [0.4, 0.5) is 11.4 Å². The highest BCUT2D eigenvalue weighted by atomic mass is 15.1. The molecule has 0 saturated heterocycles. The molecule has 0 aliphatic heterocycles. The molecule has 2 aliphatic carbocycles. The first-order chi connectivity index (χ1) is 23.1. The maximum Gasteiger partial charge on any atom is 0.0464 e. The quantitative estimate of drug-likeness (QED) is 0.170. The second kappa shape index (κ2) is 12.2. The maximum absolute atomic E-state index is 2.46. The van der Waals surface area contributed by atoms with E-state index in [9.17, 15) is 0 Å². The van der Waals surface area contributed by atoms with Crippen LogP contribution in [0.25, 0.3) is 38.6 Å². The number of benzene rings is 6. The van der Waals surface area contributed by atoms with Crippen LogP contribution < -0.4 is 4.90 Å². The third-order valence-electron chi connectivity index (χ3n) is 10.6. The molecule has 8 rings (SSSR count). The highest BCUT2D eigenvalue weighted by Gasteiger charge is 2.43. The topological polar surface area (TPSA) is 3.24 Å². The van der Waals surface area contributed by atoms with E-state index in [0.29, 0.717) is 0 Å². The molecule has 0 amide bonds. The van der Waals surface area contributed by atoms with Crippen molar-refractivity contribution in [3.8, 4) is 22.3 Å². The fraction of sp³-hybridized carbons (Fsp3) is 0.174. The zero-order valence-electron chi connectivity index (χ0n) is 27.4. The first-order valence-electron chi connectivity index (χ1n) is 17.2. The van der Waals surface area contributed by atoms with Gasteiger partial charge < -0.3 is 4.90 Å². The fourth-order valence-corrected chi connectivity index (χ4v) is 8.23. The average molecular weight is 608 g/mol. The van der Waals surface area contributed by atoms with Crippen LogP contribution in [0.2, 0.25) is 0 Å². The molecule has 47 heavy (non-hydrogen) atoms. The van der Waals surface area contributed by atoms with Crippen molar-refractivity contribution in [2.45, 2.75) is 51.4 Å². The molecule has 0 N–H and O–H groups in total. The number of hydrogen-bond acceptors (Lipinski definition) is 1. The summed E-state index contributed by atoms with van der Waals surface area (Å²) >= 11 is 0. The van der Waals surface area contributed by atoms with Crippen molar-refractivity contribution < 1.29 is 0 Å². The molecule has 230 valence electrons. The van der Waals surface area contributed by atoms with Gasteiger partial charge in [0.15, 0.2) is 0 Å². The van der Waals surface area contributed by atoms with E-state index < -0.39 is 0 Å². The van der Waals surface area contributed by atoms with Crippen molar-refractivity contribution in [3.63, 3.8) is 0 Å². The minimum Gasteiger partial charge on any atom is -0.314 e. The van der Waals surface area contributed by atoms with Crippen LogP contribution in [0, 0.1) is 0 Å². The Morgan fingerprint density at radius 3 is 2.04 bits per heavy atom. The van der Waals surface area contributed by atoms with E-state index in [1.54, 1.807) is 0 Å². The Morgan fingerprint density at radius 1 is 0.553 bits per heavy atom. The zero-order valence-corrected chi connectivity index (χ0v) is 27.4. The first kappa shape index (κ1) is 29.3. The number of nitrogens with zero attached hydrogens (tertiary/aromatic N) is 1. The van der Waals surface area contributed by atoms with Crippen molar-refractivity contribution in [2.75, 3.05) is 4.90 Å². The highest BCUT2D eigenvalue weighted by molar-refractivity contribution is 5.97. The molecule has 1 fully saturated rings. The summed E-state index contributed by atoms with van der Waals surface area (Å²) in [4.78, 5) is 2.43. The van der Waals surface area contributed by atoms with Gasteiger partial charge >= 0.3 is 0 Å². The van der Waals surface area contributed by atoms with Gasteiger partial charge in [0.25, 0.3) is 0 Å². The number of allylic oxidation sites excluding steroid dienone is 4. The van der Waals surface area contributed by atoms with Gasteiger partial charge in [-0.2, -0.15) is 0 Å². The standard InChI is InChI=1S/C46H41N/c1-33(35-14-5-3-6-15-35)22-23-34(2)47(38-26-24-37(25-27-38)41-20-13-17-36-16-7-8-18-40(36)41)39-28-29-45-43(32-39)42-19-9-10-21-44(42)46(45)30-11-4-12-31-46/h3,5-10,13-29,32H,4,11-12,30-31H2,1-2H3/b33-22+,34-23+. The number of fused-ring (bicyclic) bond motifs is 6. The average Bonchev–Trinajstić information content (AvgIpc) is 3.39. The summed E-state index contributed by atoms with van der Waals surface area (Å²) in [7, 11) is 0. The summed E-state index contributed by atoms with van der Waals surface area (Å²) in [6.45, 7) is 4.43. The van der Waals surface area contributed by atoms with Gasteiger partial charge in [0.05, 0.1) is 0 Å². The molecular weight excluding hydrogens is 567 g/mol. The minimum absolute atomic E-state index is 0.161. The van der Waals surface area contributed by atoms with Crippen LogP contribution in [0.15, 0.2) is 157 Å². The van der Waals surface area contributed by atoms with Gasteiger partial charge in [-0.15, -0.1) is 0 Å². The maximum atomic E-state index is 2.46. The molecule has 1 heteroatoms. The van der Waals surface area contributed by atoms with Gasteiger partial charge in [0.2, 0.25) is 0 Å². The Morgan fingerprint density at radius 2 is 1.21 bits per heavy atom. The van der Waals surface area contributed by atoms with Gasteiger partial charge in [-0.1, -0.05) is 141 Å². The lowest BCUT2D eigenvalue weighted by molar-refractivity contribution is 0.353. The summed E-state index contributed by atoms with van der Waals surface area (Å²) in [5, 5.41) is 2.55. The Kier molecular flexibility index (Phi) is 7.62. The molecule has 0 bridgehead atoms. The Balaban J connectivity index is 1.24. The highest BCUT2D eigenvalue weighted by Crippen LogP contribution is 2.56. The first-order valence-corrected chi connectivity index (χ1v) is 17.2. The third-order valence-corrected chi connectivity index (χ3v) is 10.6. The molecule has 0 aromatic heterocycles. The predicted octanol–water partition coefficient (Wildman–Crippen LogP) is 12.9. The lowest BCUT2D eigenvalue weighted by atomic mass is 9.68. The van der Waals surface area contributed by atoms with Crippen molar-refractivity contribution in [1.29, 1.82) is 0 Å². The van der Waals surface area contributed by atoms with Crippen LogP contribution in [-0.4, -0.2) is 0 Å². The summed E-state index contributed by atoms with van der Waals surface area (Å²) in [6.07, 6.45) is 11.0. The van der Waals surface area contributed by atoms with Crippen molar-refractivity contribution in [2.24, 2.45) is 0 Å². The Bertz CT molecular complexity index is 2120. The van der Waals surface area contributed by atoms with Crippen LogP contribution in [0.3, 0.4) is 0 Å². The summed E-state index contributed by atoms with van der Waals surface area (Å²) in [5.74, 6) is 0. The van der Waals surface area contributed by atoms with Gasteiger partial charge in [-0.25, -0.2) is 0 Å². The minimum atomic E-state index is 0.161. The lowest BCUT2D eigenvalue weighted by Gasteiger charge is -2.36. The van der Waals surface area contributed by atoms with Crippen LogP contribution in [0.5, 0.6) is 0 Å². The molecule has 6 aromatic carbocycles. The van der Waals surface area contributed by atoms with Crippen molar-refractivity contribution >= 4 is 27.7 Å². The molecule has 0 heterocycles. The van der Waals surface area contributed by atoms with E-state index in [0.717, 1.165) is 5.69 Å². The van der Waals surface area contributed by atoms with E-state index >= 15 is 0 Å². The molecule has 1 saturated carbocycles. The van der Waals surface area contributed by atoms with Gasteiger partial charge in [0, 0.05) is 22.5 Å². The molecule has 6 aromatic rings. The largest absolute Gasteiger partial charge is 0.314 e. The molecule has 0 atom stereocenters. The second-order valence-corrected chi connectivity index (χ2v) is 13.4. The van der Waals surface area contributed by atoms with Gasteiger partial charge in [-0.3, -0.25) is 0 Å². The summed E-state index contributed by atoms with van der Waals surface area (Å²) in [6, 6.07) is 51.5. The molecular formula is C46H41N. The van der Waals surface area contributed by atoms with E-state index in [1.165, 1.54) is 98.8 Å². The van der Waals surface area contributed by atoms with E-state index in [2.05, 4.69) is 170 Å². The number of rotatable bonds is 6. The molecule has 0 unspecified atom stereocenters. The van der Waals surface area contributed by atoms with Crippen LogP contribution in [0.1, 0.15) is 62.6 Å². The zero-order chi connectivity index (χ0) is 31.8. The molecule has 2 aliphatic rings. The number of hydrogen-bond donors (Lipinski definition) is 0. The third kappa shape index (κ3) is 5.21. The van der Waals surface area contributed by atoms with Gasteiger partial charge in [-0.05, 0) is 112 Å². The van der Waals surface area contributed by atoms with Crippen LogP contribution in [-0.2, 0) is 5.41 Å². The van der Waals surface area contributed by atoms with E-state index in [1.807, 2.05) is 0 Å². The predicted molar refractivity (Wildman–Crippen MR) is 201 cm³/mol. The summed E-state index contributed by atoms with van der Waals surface area (Å²) in [5.41, 5.74) is 14.6. The number of anilines is 2. The van der Waals surface area contributed by atoms with Crippen molar-refractivity contribution in [1.82, 2.24) is 0 Å². The smallest absolute Gasteiger partial charge is 0.0464 e. The Hall–Kier alpha value is -5.14. The molecule has 1 nitrogen and oxygen atoms in total. The SMILES string of the molecule is C/C(=C\C=C(/C)N(c1ccc(-c2cccc3ccccc23)cc1)c1ccc2c(c1)-c1ccccc1C21CCCCC1)c1ccccc1. The van der Waals surface area contributed by atoms with E-state index in [4.69, 9.17) is 0 Å². The lowest BCUT2D eigenvalue weighted by Crippen LogP contribution is -2.28.